The minimum absolute atomic E-state index is 1.18. The van der Waals surface area contributed by atoms with E-state index in [2.05, 4.69) is 58.6 Å². The maximum Gasteiger partial charge on any atom is 0.101 e. The molecule has 13 heavy (non-hydrogen) atoms. The van der Waals surface area contributed by atoms with Crippen LogP contribution < -0.4 is 0 Å². The van der Waals surface area contributed by atoms with Crippen molar-refractivity contribution < 1.29 is 0 Å². The van der Waals surface area contributed by atoms with Crippen LogP contribution in [0, 0.1) is 13.8 Å². The number of halogens is 1. The Balaban J connectivity index is 2.57. The molecule has 0 aliphatic rings. The highest BCUT2D eigenvalue weighted by Crippen LogP contribution is 2.27. The molecule has 0 saturated heterocycles. The molecule has 2 aromatic rings. The minimum atomic E-state index is 1.18. The molecular weight excluding hydrogens is 246 g/mol. The first-order valence-electron chi connectivity index (χ1n) is 4.09. The summed E-state index contributed by atoms with van der Waals surface area (Å²) >= 11 is 5.23. The lowest BCUT2D eigenvalue weighted by atomic mass is 10.5. The fourth-order valence-electron chi connectivity index (χ4n) is 1.44. The lowest BCUT2D eigenvalue weighted by Gasteiger charge is -2.04. The zero-order valence-corrected chi connectivity index (χ0v) is 9.95. The number of hydrogen-bond acceptors (Lipinski definition) is 1. The van der Waals surface area contributed by atoms with Crippen LogP contribution in [-0.2, 0) is 0 Å². The summed E-state index contributed by atoms with van der Waals surface area (Å²) in [5, 5.41) is 1.27. The van der Waals surface area contributed by atoms with Crippen molar-refractivity contribution in [1.29, 1.82) is 0 Å². The van der Waals surface area contributed by atoms with Crippen LogP contribution in [0.25, 0.3) is 5.00 Å². The van der Waals surface area contributed by atoms with Gasteiger partial charge in [-0.25, -0.2) is 0 Å². The number of thiophene rings is 1. The van der Waals surface area contributed by atoms with Gasteiger partial charge in [0.05, 0.1) is 3.79 Å². The van der Waals surface area contributed by atoms with E-state index in [9.17, 15) is 0 Å². The molecule has 0 unspecified atom stereocenters. The first-order valence-corrected chi connectivity index (χ1v) is 5.70. The molecular formula is C10H10BrNS. The van der Waals surface area contributed by atoms with E-state index in [-0.39, 0.29) is 0 Å². The quantitative estimate of drug-likeness (QED) is 0.728. The second kappa shape index (κ2) is 3.31. The number of hydrogen-bond donors (Lipinski definition) is 0. The standard InChI is InChI=1S/C10H10BrNS/c1-7-3-4-8(2)12(7)10-6-5-9(11)13-10/h3-6H,1-2H3. The molecule has 0 amide bonds. The summed E-state index contributed by atoms with van der Waals surface area (Å²) in [4.78, 5) is 0. The zero-order valence-electron chi connectivity index (χ0n) is 7.54. The smallest absolute Gasteiger partial charge is 0.101 e. The number of aromatic nitrogens is 1. The molecule has 0 radical (unpaired) electrons. The van der Waals surface area contributed by atoms with Crippen molar-refractivity contribution in [1.82, 2.24) is 4.57 Å². The summed E-state index contributed by atoms with van der Waals surface area (Å²) in [5.41, 5.74) is 2.57. The van der Waals surface area contributed by atoms with Gasteiger partial charge in [0.2, 0.25) is 0 Å². The SMILES string of the molecule is Cc1ccc(C)n1-c1ccc(Br)s1. The number of nitrogens with zero attached hydrogens (tertiary/aromatic N) is 1. The van der Waals surface area contributed by atoms with Gasteiger partial charge in [-0.1, -0.05) is 0 Å². The molecule has 0 atom stereocenters. The molecule has 2 aromatic heterocycles. The highest BCUT2D eigenvalue weighted by Gasteiger charge is 2.05. The van der Waals surface area contributed by atoms with E-state index in [0.717, 1.165) is 0 Å². The van der Waals surface area contributed by atoms with Crippen molar-refractivity contribution in [3.05, 3.63) is 39.4 Å². The molecule has 0 aliphatic heterocycles. The molecule has 2 heterocycles. The van der Waals surface area contributed by atoms with E-state index in [1.54, 1.807) is 11.3 Å². The van der Waals surface area contributed by atoms with Crippen molar-refractivity contribution in [2.75, 3.05) is 0 Å². The van der Waals surface area contributed by atoms with Crippen LogP contribution in [0.15, 0.2) is 28.1 Å². The van der Waals surface area contributed by atoms with Crippen LogP contribution in [0.2, 0.25) is 0 Å². The second-order valence-electron chi connectivity index (χ2n) is 3.03. The molecule has 0 aliphatic carbocycles. The molecule has 3 heteroatoms. The normalized spacial score (nSPS) is 10.7. The summed E-state index contributed by atoms with van der Waals surface area (Å²) in [6, 6.07) is 8.50. The summed E-state index contributed by atoms with van der Waals surface area (Å²) in [5.74, 6) is 0. The molecule has 0 N–H and O–H groups in total. The first kappa shape index (κ1) is 9.03. The van der Waals surface area contributed by atoms with E-state index in [0.29, 0.717) is 0 Å². The Morgan fingerprint density at radius 2 is 1.69 bits per heavy atom. The Labute approximate surface area is 90.1 Å². The summed E-state index contributed by atoms with van der Waals surface area (Å²) in [6.07, 6.45) is 0. The van der Waals surface area contributed by atoms with Gasteiger partial charge in [0.1, 0.15) is 5.00 Å². The van der Waals surface area contributed by atoms with Gasteiger partial charge in [-0.05, 0) is 54.0 Å². The van der Waals surface area contributed by atoms with Gasteiger partial charge >= 0.3 is 0 Å². The van der Waals surface area contributed by atoms with Gasteiger partial charge in [0.25, 0.3) is 0 Å². The van der Waals surface area contributed by atoms with Gasteiger partial charge in [0.15, 0.2) is 0 Å². The van der Waals surface area contributed by atoms with Gasteiger partial charge in [0, 0.05) is 11.4 Å². The van der Waals surface area contributed by atoms with E-state index >= 15 is 0 Å². The van der Waals surface area contributed by atoms with Crippen LogP contribution in [0.1, 0.15) is 11.4 Å². The molecule has 0 aromatic carbocycles. The maximum atomic E-state index is 3.47. The Bertz CT molecular complexity index is 408. The third-order valence-corrected chi connectivity index (χ3v) is 3.66. The third kappa shape index (κ3) is 1.58. The molecule has 2 rings (SSSR count). The predicted molar refractivity (Wildman–Crippen MR) is 60.8 cm³/mol. The van der Waals surface area contributed by atoms with Crippen LogP contribution in [-0.4, -0.2) is 4.57 Å². The molecule has 0 fully saturated rings. The summed E-state index contributed by atoms with van der Waals surface area (Å²) in [7, 11) is 0. The average molecular weight is 256 g/mol. The van der Waals surface area contributed by atoms with Gasteiger partial charge < -0.3 is 4.57 Å². The van der Waals surface area contributed by atoms with Crippen molar-refractivity contribution in [3.8, 4) is 5.00 Å². The molecule has 1 nitrogen and oxygen atoms in total. The largest absolute Gasteiger partial charge is 0.310 e. The molecule has 0 bridgehead atoms. The average Bonchev–Trinajstić information content (AvgIpc) is 2.60. The maximum absolute atomic E-state index is 3.47. The minimum Gasteiger partial charge on any atom is -0.310 e. The lowest BCUT2D eigenvalue weighted by Crippen LogP contribution is -1.94. The molecule has 0 spiro atoms. The van der Waals surface area contributed by atoms with E-state index < -0.39 is 0 Å². The van der Waals surface area contributed by atoms with Crippen molar-refractivity contribution in [2.24, 2.45) is 0 Å². The van der Waals surface area contributed by atoms with Crippen molar-refractivity contribution in [3.63, 3.8) is 0 Å². The predicted octanol–water partition coefficient (Wildman–Crippen LogP) is 3.92. The molecule has 0 saturated carbocycles. The van der Waals surface area contributed by atoms with Crippen LogP contribution >= 0.6 is 27.3 Å². The lowest BCUT2D eigenvalue weighted by molar-refractivity contribution is 0.986. The van der Waals surface area contributed by atoms with E-state index in [1.807, 2.05) is 0 Å². The van der Waals surface area contributed by atoms with Crippen LogP contribution in [0.5, 0.6) is 0 Å². The first-order chi connectivity index (χ1) is 6.18. The Hall–Kier alpha value is -0.540. The van der Waals surface area contributed by atoms with Gasteiger partial charge in [-0.2, -0.15) is 0 Å². The second-order valence-corrected chi connectivity index (χ2v) is 5.47. The fourth-order valence-corrected chi connectivity index (χ4v) is 2.92. The highest BCUT2D eigenvalue weighted by molar-refractivity contribution is 9.11. The van der Waals surface area contributed by atoms with E-state index in [4.69, 9.17) is 0 Å². The zero-order chi connectivity index (χ0) is 9.42. The van der Waals surface area contributed by atoms with E-state index in [1.165, 1.54) is 20.2 Å². The highest BCUT2D eigenvalue weighted by atomic mass is 79.9. The number of rotatable bonds is 1. The topological polar surface area (TPSA) is 4.93 Å². The Kier molecular flexibility index (Phi) is 2.30. The fraction of sp³-hybridized carbons (Fsp3) is 0.200. The van der Waals surface area contributed by atoms with Gasteiger partial charge in [-0.15, -0.1) is 11.3 Å². The monoisotopic (exact) mass is 255 g/mol. The van der Waals surface area contributed by atoms with Crippen LogP contribution in [0.3, 0.4) is 0 Å². The Morgan fingerprint density at radius 1 is 1.08 bits per heavy atom. The third-order valence-electron chi connectivity index (χ3n) is 2.05. The Morgan fingerprint density at radius 3 is 2.15 bits per heavy atom. The molecule has 68 valence electrons. The van der Waals surface area contributed by atoms with Crippen molar-refractivity contribution in [2.45, 2.75) is 13.8 Å². The van der Waals surface area contributed by atoms with Crippen molar-refractivity contribution >= 4 is 27.3 Å². The summed E-state index contributed by atoms with van der Waals surface area (Å²) in [6.45, 7) is 4.25. The summed E-state index contributed by atoms with van der Waals surface area (Å²) < 4.78 is 3.44. The van der Waals surface area contributed by atoms with Gasteiger partial charge in [-0.3, -0.25) is 0 Å². The number of aryl methyl sites for hydroxylation is 2. The van der Waals surface area contributed by atoms with Crippen LogP contribution in [0.4, 0.5) is 0 Å².